The van der Waals surface area contributed by atoms with Crippen LogP contribution in [0, 0.1) is 6.07 Å². The average Bonchev–Trinajstić information content (AvgIpc) is 2.98. The van der Waals surface area contributed by atoms with Crippen LogP contribution < -0.4 is 0 Å². The summed E-state index contributed by atoms with van der Waals surface area (Å²) in [5.41, 5.74) is 0.993. The number of benzene rings is 3. The molecule has 19 heavy (non-hydrogen) atoms. The Labute approximate surface area is 111 Å². The molecule has 1 radical (unpaired) electrons. The van der Waals surface area contributed by atoms with E-state index < -0.39 is 0 Å². The summed E-state index contributed by atoms with van der Waals surface area (Å²) < 4.78 is 5.42. The minimum atomic E-state index is 0.857. The average molecular weight is 243 g/mol. The van der Waals surface area contributed by atoms with E-state index in [2.05, 4.69) is 54.6 Å². The Balaban J connectivity index is 2.00. The van der Waals surface area contributed by atoms with E-state index in [0.29, 0.717) is 0 Å². The Bertz CT molecular complexity index is 857. The first-order valence-electron chi connectivity index (χ1n) is 6.29. The van der Waals surface area contributed by atoms with Crippen molar-refractivity contribution in [1.82, 2.24) is 0 Å². The zero-order valence-corrected chi connectivity index (χ0v) is 10.3. The largest absolute Gasteiger partial charge is 0.464 e. The van der Waals surface area contributed by atoms with E-state index >= 15 is 0 Å². The smallest absolute Gasteiger partial charge is 0.134 e. The molecular formula is C18H11O. The molecule has 0 bridgehead atoms. The second-order valence-corrected chi connectivity index (χ2v) is 4.64. The molecule has 1 nitrogen and oxygen atoms in total. The van der Waals surface area contributed by atoms with Gasteiger partial charge in [0.2, 0.25) is 0 Å². The fourth-order valence-electron chi connectivity index (χ4n) is 2.44. The third-order valence-corrected chi connectivity index (χ3v) is 3.40. The van der Waals surface area contributed by atoms with Crippen LogP contribution >= 0.6 is 0 Å². The second-order valence-electron chi connectivity index (χ2n) is 4.64. The van der Waals surface area contributed by atoms with Crippen LogP contribution in [-0.4, -0.2) is 0 Å². The van der Waals surface area contributed by atoms with Gasteiger partial charge in [-0.05, 0) is 51.9 Å². The molecule has 4 aromatic rings. The van der Waals surface area contributed by atoms with Gasteiger partial charge in [0.05, 0.1) is 6.26 Å². The SMILES string of the molecule is [c]1c(-c2ccco2)ccc2cc3ccccc3cc12. The molecule has 0 spiro atoms. The van der Waals surface area contributed by atoms with E-state index in [-0.39, 0.29) is 0 Å². The fourth-order valence-corrected chi connectivity index (χ4v) is 2.44. The van der Waals surface area contributed by atoms with Gasteiger partial charge in [-0.3, -0.25) is 0 Å². The molecule has 0 amide bonds. The highest BCUT2D eigenvalue weighted by Crippen LogP contribution is 2.27. The number of rotatable bonds is 1. The summed E-state index contributed by atoms with van der Waals surface area (Å²) in [7, 11) is 0. The maximum atomic E-state index is 5.42. The van der Waals surface area contributed by atoms with Gasteiger partial charge < -0.3 is 4.42 Å². The molecule has 0 aliphatic rings. The maximum absolute atomic E-state index is 5.42. The maximum Gasteiger partial charge on any atom is 0.134 e. The molecule has 0 unspecified atom stereocenters. The number of furan rings is 1. The van der Waals surface area contributed by atoms with Crippen LogP contribution in [-0.2, 0) is 0 Å². The molecule has 0 atom stereocenters. The van der Waals surface area contributed by atoms with Crippen molar-refractivity contribution < 1.29 is 4.42 Å². The van der Waals surface area contributed by atoms with Gasteiger partial charge in [-0.2, -0.15) is 0 Å². The van der Waals surface area contributed by atoms with Gasteiger partial charge in [0.1, 0.15) is 5.76 Å². The van der Waals surface area contributed by atoms with Crippen molar-refractivity contribution in [2.75, 3.05) is 0 Å². The molecule has 0 aliphatic carbocycles. The first-order valence-corrected chi connectivity index (χ1v) is 6.29. The summed E-state index contributed by atoms with van der Waals surface area (Å²) in [4.78, 5) is 0. The normalized spacial score (nSPS) is 11.2. The summed E-state index contributed by atoms with van der Waals surface area (Å²) in [5.74, 6) is 0.857. The Morgan fingerprint density at radius 1 is 0.737 bits per heavy atom. The number of hydrogen-bond donors (Lipinski definition) is 0. The van der Waals surface area contributed by atoms with Crippen LogP contribution in [0.5, 0.6) is 0 Å². The van der Waals surface area contributed by atoms with Gasteiger partial charge in [-0.25, -0.2) is 0 Å². The van der Waals surface area contributed by atoms with Gasteiger partial charge in [-0.1, -0.05) is 30.3 Å². The molecular weight excluding hydrogens is 232 g/mol. The van der Waals surface area contributed by atoms with Gasteiger partial charge in [0.15, 0.2) is 0 Å². The third-order valence-electron chi connectivity index (χ3n) is 3.40. The predicted molar refractivity (Wildman–Crippen MR) is 78.0 cm³/mol. The Hall–Kier alpha value is -2.54. The monoisotopic (exact) mass is 243 g/mol. The van der Waals surface area contributed by atoms with E-state index in [9.17, 15) is 0 Å². The molecule has 0 N–H and O–H groups in total. The highest BCUT2D eigenvalue weighted by Gasteiger charge is 2.03. The summed E-state index contributed by atoms with van der Waals surface area (Å²) in [5, 5.41) is 4.82. The second kappa shape index (κ2) is 3.99. The van der Waals surface area contributed by atoms with Crippen molar-refractivity contribution in [2.45, 2.75) is 0 Å². The van der Waals surface area contributed by atoms with Crippen LogP contribution in [0.4, 0.5) is 0 Å². The van der Waals surface area contributed by atoms with E-state index in [1.54, 1.807) is 6.26 Å². The Morgan fingerprint density at radius 2 is 1.58 bits per heavy atom. The summed E-state index contributed by atoms with van der Waals surface area (Å²) in [6.45, 7) is 0. The van der Waals surface area contributed by atoms with E-state index in [4.69, 9.17) is 4.42 Å². The zero-order valence-electron chi connectivity index (χ0n) is 10.3. The molecule has 0 fully saturated rings. The van der Waals surface area contributed by atoms with Crippen LogP contribution in [0.2, 0.25) is 0 Å². The van der Waals surface area contributed by atoms with E-state index in [1.807, 2.05) is 12.1 Å². The molecule has 89 valence electrons. The fraction of sp³-hybridized carbons (Fsp3) is 0. The molecule has 0 saturated carbocycles. The quantitative estimate of drug-likeness (QED) is 0.426. The molecule has 1 heterocycles. The van der Waals surface area contributed by atoms with Gasteiger partial charge >= 0.3 is 0 Å². The highest BCUT2D eigenvalue weighted by atomic mass is 16.3. The lowest BCUT2D eigenvalue weighted by molar-refractivity contribution is 0.582. The minimum Gasteiger partial charge on any atom is -0.464 e. The Kier molecular flexibility index (Phi) is 2.18. The predicted octanol–water partition coefficient (Wildman–Crippen LogP) is 5.05. The first-order chi connectivity index (χ1) is 9.40. The molecule has 0 aliphatic heterocycles. The van der Waals surface area contributed by atoms with Crippen LogP contribution in [0.15, 0.2) is 71.3 Å². The van der Waals surface area contributed by atoms with E-state index in [0.717, 1.165) is 16.7 Å². The first kappa shape index (κ1) is 10.4. The van der Waals surface area contributed by atoms with E-state index in [1.165, 1.54) is 16.2 Å². The van der Waals surface area contributed by atoms with Crippen LogP contribution in [0.1, 0.15) is 0 Å². The van der Waals surface area contributed by atoms with Crippen LogP contribution in [0.25, 0.3) is 32.9 Å². The van der Waals surface area contributed by atoms with Crippen molar-refractivity contribution >= 4 is 21.5 Å². The van der Waals surface area contributed by atoms with Crippen molar-refractivity contribution in [3.63, 3.8) is 0 Å². The van der Waals surface area contributed by atoms with Crippen LogP contribution in [0.3, 0.4) is 0 Å². The van der Waals surface area contributed by atoms with Gasteiger partial charge in [-0.15, -0.1) is 0 Å². The summed E-state index contributed by atoms with van der Waals surface area (Å²) in [6.07, 6.45) is 1.69. The lowest BCUT2D eigenvalue weighted by Crippen LogP contribution is -1.79. The molecule has 3 aromatic carbocycles. The summed E-state index contributed by atoms with van der Waals surface area (Å²) in [6, 6.07) is 24.2. The summed E-state index contributed by atoms with van der Waals surface area (Å²) >= 11 is 0. The lowest BCUT2D eigenvalue weighted by atomic mass is 10.0. The standard InChI is InChI=1S/C18H11O/c1-2-5-14-11-17-12-16(18-6-3-9-19-18)8-7-15(17)10-13(14)4-1/h1-11H. The molecule has 1 aromatic heterocycles. The van der Waals surface area contributed by atoms with Crippen molar-refractivity contribution in [3.05, 3.63) is 73.0 Å². The Morgan fingerprint density at radius 3 is 2.37 bits per heavy atom. The number of fused-ring (bicyclic) bond motifs is 2. The lowest BCUT2D eigenvalue weighted by Gasteiger charge is -2.03. The van der Waals surface area contributed by atoms with Gasteiger partial charge in [0.25, 0.3) is 0 Å². The van der Waals surface area contributed by atoms with Crippen molar-refractivity contribution in [1.29, 1.82) is 0 Å². The third kappa shape index (κ3) is 1.71. The van der Waals surface area contributed by atoms with Crippen molar-refractivity contribution in [3.8, 4) is 11.3 Å². The zero-order chi connectivity index (χ0) is 12.7. The molecule has 1 heteroatoms. The highest BCUT2D eigenvalue weighted by molar-refractivity contribution is 5.99. The topological polar surface area (TPSA) is 13.1 Å². The molecule has 4 rings (SSSR count). The van der Waals surface area contributed by atoms with Crippen molar-refractivity contribution in [2.24, 2.45) is 0 Å². The number of hydrogen-bond acceptors (Lipinski definition) is 1. The molecule has 0 saturated heterocycles. The minimum absolute atomic E-state index is 0.857. The van der Waals surface area contributed by atoms with Gasteiger partial charge in [0, 0.05) is 11.6 Å².